The van der Waals surface area contributed by atoms with Gasteiger partial charge in [0.2, 0.25) is 0 Å². The topological polar surface area (TPSA) is 12.0 Å². The molecule has 1 atom stereocenters. The van der Waals surface area contributed by atoms with E-state index < -0.39 is 10.2 Å². The third-order valence-corrected chi connectivity index (χ3v) is 4.49. The van der Waals surface area contributed by atoms with Gasteiger partial charge in [0.25, 0.3) is 0 Å². The first-order chi connectivity index (χ1) is 4.60. The summed E-state index contributed by atoms with van der Waals surface area (Å²) in [5.41, 5.74) is 0. The van der Waals surface area contributed by atoms with Crippen LogP contribution in [0.1, 0.15) is 19.8 Å². The van der Waals surface area contributed by atoms with Crippen molar-refractivity contribution in [1.82, 2.24) is 4.72 Å². The zero-order chi connectivity index (χ0) is 7.61. The normalized spacial score (nSPS) is 36.5. The fraction of sp³-hybridized carbons (Fsp3) is 1.00. The third kappa shape index (κ3) is 2.51. The Morgan fingerprint density at radius 2 is 2.00 bits per heavy atom. The summed E-state index contributed by atoms with van der Waals surface area (Å²) in [5, 5.41) is 0. The Morgan fingerprint density at radius 1 is 1.30 bits per heavy atom. The molecule has 0 aromatic rings. The van der Waals surface area contributed by atoms with Crippen molar-refractivity contribution in [3.05, 3.63) is 0 Å². The van der Waals surface area contributed by atoms with Crippen LogP contribution in [0.2, 0.25) is 0 Å². The monoisotopic (exact) mass is 161 g/mol. The van der Waals surface area contributed by atoms with Gasteiger partial charge in [0.1, 0.15) is 0 Å². The van der Waals surface area contributed by atoms with Gasteiger partial charge in [-0.2, -0.15) is 10.2 Å². The van der Waals surface area contributed by atoms with Gasteiger partial charge in [-0.25, -0.2) is 0 Å². The van der Waals surface area contributed by atoms with Gasteiger partial charge in [0.15, 0.2) is 0 Å². The van der Waals surface area contributed by atoms with Gasteiger partial charge < -0.3 is 0 Å². The van der Waals surface area contributed by atoms with Crippen LogP contribution in [0.4, 0.5) is 0 Å². The van der Waals surface area contributed by atoms with Crippen molar-refractivity contribution in [3.8, 4) is 0 Å². The van der Waals surface area contributed by atoms with Crippen LogP contribution in [0.25, 0.3) is 0 Å². The molecule has 1 saturated heterocycles. The second kappa shape index (κ2) is 3.14. The summed E-state index contributed by atoms with van der Waals surface area (Å²) in [5.74, 6) is 2.36. The molecule has 0 spiro atoms. The van der Waals surface area contributed by atoms with E-state index >= 15 is 0 Å². The standard InChI is InChI=1S/C8H19NS/c1-8-4-6-9-10(2,3)7-5-8/h8-9H,4-7H2,1-3H3. The van der Waals surface area contributed by atoms with E-state index in [4.69, 9.17) is 0 Å². The number of hydrogen-bond donors (Lipinski definition) is 1. The molecule has 0 aromatic heterocycles. The Hall–Kier alpha value is 0.310. The van der Waals surface area contributed by atoms with Crippen LogP contribution in [-0.4, -0.2) is 24.8 Å². The van der Waals surface area contributed by atoms with Crippen molar-refractivity contribution < 1.29 is 0 Å². The largest absolute Gasteiger partial charge is 0.281 e. The lowest BCUT2D eigenvalue weighted by atomic mass is 10.1. The molecule has 1 aliphatic rings. The zero-order valence-corrected chi connectivity index (χ0v) is 8.13. The quantitative estimate of drug-likeness (QED) is 0.573. The SMILES string of the molecule is CC1CCNS(C)(C)CC1. The van der Waals surface area contributed by atoms with Gasteiger partial charge in [-0.1, -0.05) is 6.92 Å². The predicted octanol–water partition coefficient (Wildman–Crippen LogP) is 1.99. The van der Waals surface area contributed by atoms with E-state index in [0.29, 0.717) is 0 Å². The van der Waals surface area contributed by atoms with Gasteiger partial charge in [-0.3, -0.25) is 4.72 Å². The Labute approximate surface area is 66.0 Å². The van der Waals surface area contributed by atoms with Gasteiger partial charge in [-0.05, 0) is 37.0 Å². The minimum Gasteiger partial charge on any atom is -0.281 e. The van der Waals surface area contributed by atoms with E-state index in [2.05, 4.69) is 24.2 Å². The van der Waals surface area contributed by atoms with Crippen LogP contribution in [0.5, 0.6) is 0 Å². The van der Waals surface area contributed by atoms with Crippen molar-refractivity contribution in [2.45, 2.75) is 19.8 Å². The Balaban J connectivity index is 2.41. The van der Waals surface area contributed by atoms with Crippen molar-refractivity contribution in [2.24, 2.45) is 5.92 Å². The van der Waals surface area contributed by atoms with E-state index in [1.165, 1.54) is 25.1 Å². The first-order valence-corrected chi connectivity index (χ1v) is 6.68. The number of rotatable bonds is 0. The second-order valence-electron chi connectivity index (χ2n) is 3.82. The van der Waals surface area contributed by atoms with Gasteiger partial charge in [0, 0.05) is 6.54 Å². The van der Waals surface area contributed by atoms with Crippen LogP contribution in [-0.2, 0) is 0 Å². The van der Waals surface area contributed by atoms with Crippen LogP contribution in [0, 0.1) is 5.92 Å². The molecule has 1 nitrogen and oxygen atoms in total. The number of nitrogens with one attached hydrogen (secondary N) is 1. The molecule has 0 bridgehead atoms. The van der Waals surface area contributed by atoms with Crippen LogP contribution in [0.3, 0.4) is 0 Å². The summed E-state index contributed by atoms with van der Waals surface area (Å²) in [6.07, 6.45) is 7.56. The van der Waals surface area contributed by atoms with Crippen LogP contribution >= 0.6 is 10.2 Å². The van der Waals surface area contributed by atoms with Crippen molar-refractivity contribution in [3.63, 3.8) is 0 Å². The third-order valence-electron chi connectivity index (χ3n) is 2.25. The summed E-state index contributed by atoms with van der Waals surface area (Å²) in [6.45, 7) is 3.60. The summed E-state index contributed by atoms with van der Waals surface area (Å²) < 4.78 is 3.63. The van der Waals surface area contributed by atoms with E-state index in [0.717, 1.165) is 5.92 Å². The lowest BCUT2D eigenvalue weighted by Crippen LogP contribution is -2.19. The summed E-state index contributed by atoms with van der Waals surface area (Å²) in [6, 6.07) is 0. The van der Waals surface area contributed by atoms with E-state index in [1.54, 1.807) is 0 Å². The van der Waals surface area contributed by atoms with Crippen LogP contribution < -0.4 is 4.72 Å². The highest BCUT2D eigenvalue weighted by molar-refractivity contribution is 8.31. The maximum Gasteiger partial charge on any atom is 0.00459 e. The molecule has 2 heteroatoms. The lowest BCUT2D eigenvalue weighted by molar-refractivity contribution is 0.531. The molecule has 0 aromatic carbocycles. The van der Waals surface area contributed by atoms with E-state index in [-0.39, 0.29) is 0 Å². The fourth-order valence-corrected chi connectivity index (χ4v) is 3.10. The molecule has 1 N–H and O–H groups in total. The van der Waals surface area contributed by atoms with E-state index in [9.17, 15) is 0 Å². The maximum absolute atomic E-state index is 3.63. The summed E-state index contributed by atoms with van der Waals surface area (Å²) in [7, 11) is -0.402. The van der Waals surface area contributed by atoms with E-state index in [1.807, 2.05) is 0 Å². The molecule has 62 valence electrons. The highest BCUT2D eigenvalue weighted by atomic mass is 32.3. The maximum atomic E-state index is 3.63. The molecule has 0 amide bonds. The molecule has 1 rings (SSSR count). The molecule has 0 radical (unpaired) electrons. The average molecular weight is 161 g/mol. The smallest absolute Gasteiger partial charge is 0.00459 e. The summed E-state index contributed by atoms with van der Waals surface area (Å²) >= 11 is 0. The summed E-state index contributed by atoms with van der Waals surface area (Å²) in [4.78, 5) is 0. The average Bonchev–Trinajstić information content (AvgIpc) is 1.94. The Bertz CT molecular complexity index is 112. The van der Waals surface area contributed by atoms with Gasteiger partial charge >= 0.3 is 0 Å². The van der Waals surface area contributed by atoms with Crippen LogP contribution in [0.15, 0.2) is 0 Å². The van der Waals surface area contributed by atoms with Gasteiger partial charge in [-0.15, -0.1) is 0 Å². The Morgan fingerprint density at radius 3 is 2.70 bits per heavy atom. The molecule has 1 aliphatic heterocycles. The molecular weight excluding hydrogens is 142 g/mol. The highest BCUT2D eigenvalue weighted by Crippen LogP contribution is 2.38. The zero-order valence-electron chi connectivity index (χ0n) is 7.31. The van der Waals surface area contributed by atoms with Crippen molar-refractivity contribution in [1.29, 1.82) is 0 Å². The molecule has 1 heterocycles. The molecule has 10 heavy (non-hydrogen) atoms. The molecular formula is C8H19NS. The molecule has 1 unspecified atom stereocenters. The highest BCUT2D eigenvalue weighted by Gasteiger charge is 2.16. The fourth-order valence-electron chi connectivity index (χ4n) is 1.29. The van der Waals surface area contributed by atoms with Crippen molar-refractivity contribution >= 4 is 10.2 Å². The lowest BCUT2D eigenvalue weighted by Gasteiger charge is -2.30. The molecule has 0 saturated carbocycles. The van der Waals surface area contributed by atoms with Gasteiger partial charge in [0.05, 0.1) is 0 Å². The minimum absolute atomic E-state index is 0.402. The molecule has 1 fully saturated rings. The predicted molar refractivity (Wildman–Crippen MR) is 50.7 cm³/mol. The number of hydrogen-bond acceptors (Lipinski definition) is 1. The second-order valence-corrected chi connectivity index (χ2v) is 7.59. The van der Waals surface area contributed by atoms with Crippen molar-refractivity contribution in [2.75, 3.05) is 24.8 Å². The molecule has 0 aliphatic carbocycles. The Kier molecular flexibility index (Phi) is 2.64. The first-order valence-electron chi connectivity index (χ1n) is 4.06. The first kappa shape index (κ1) is 8.41. The minimum atomic E-state index is -0.402.